The second-order valence-electron chi connectivity index (χ2n) is 9.20. The normalized spacial score (nSPS) is 15.1. The Hall–Kier alpha value is -3.24. The van der Waals surface area contributed by atoms with Gasteiger partial charge in [-0.3, -0.25) is 0 Å². The Morgan fingerprint density at radius 1 is 1.11 bits per heavy atom. The van der Waals surface area contributed by atoms with Gasteiger partial charge in [-0.15, -0.1) is 0 Å². The zero-order valence-corrected chi connectivity index (χ0v) is 20.0. The van der Waals surface area contributed by atoms with Crippen molar-refractivity contribution in [3.05, 3.63) is 53.6 Å². The summed E-state index contributed by atoms with van der Waals surface area (Å²) < 4.78 is 77.8. The van der Waals surface area contributed by atoms with Crippen molar-refractivity contribution in [3.63, 3.8) is 0 Å². The smallest absolute Gasteiger partial charge is 0.417 e. The monoisotopic (exact) mass is 510 g/mol. The quantitative estimate of drug-likeness (QED) is 0.250. The third-order valence-electron chi connectivity index (χ3n) is 6.21. The first-order chi connectivity index (χ1) is 17.1. The van der Waals surface area contributed by atoms with Crippen LogP contribution in [0.15, 0.2) is 35.0 Å². The maximum absolute atomic E-state index is 14.6. The van der Waals surface area contributed by atoms with Gasteiger partial charge in [0.2, 0.25) is 11.7 Å². The fraction of sp³-hybridized carbons (Fsp3) is 0.480. The highest BCUT2D eigenvalue weighted by molar-refractivity contribution is 5.58. The Morgan fingerprint density at radius 3 is 2.36 bits per heavy atom. The summed E-state index contributed by atoms with van der Waals surface area (Å²) in [5, 5.41) is 3.66. The predicted molar refractivity (Wildman–Crippen MR) is 123 cm³/mol. The standard InChI is InChI=1S/C25H27F5N4O2/c1-15(2)24-32-23(33-36-24)22-19(26)12-18(13-20(22)27)35-11-3-4-16-7-9-34(10-8-16)21-6-5-17(14-31-21)25(28,29)30/h5-6,12-16H,3-4,7-11H2,1-2H3. The molecule has 0 spiro atoms. The summed E-state index contributed by atoms with van der Waals surface area (Å²) in [6.07, 6.45) is -0.198. The van der Waals surface area contributed by atoms with E-state index in [4.69, 9.17) is 9.26 Å². The largest absolute Gasteiger partial charge is 0.493 e. The first kappa shape index (κ1) is 25.8. The van der Waals surface area contributed by atoms with E-state index in [1.807, 2.05) is 18.7 Å². The molecule has 0 bridgehead atoms. The molecule has 4 rings (SSSR count). The third-order valence-corrected chi connectivity index (χ3v) is 6.21. The third kappa shape index (κ3) is 6.11. The van der Waals surface area contributed by atoms with Crippen LogP contribution in [0.2, 0.25) is 0 Å². The molecule has 11 heteroatoms. The molecule has 1 aliphatic rings. The Labute approximate surface area is 205 Å². The number of hydrogen-bond donors (Lipinski definition) is 0. The van der Waals surface area contributed by atoms with Crippen LogP contribution in [-0.2, 0) is 6.18 Å². The molecule has 0 N–H and O–H groups in total. The van der Waals surface area contributed by atoms with E-state index in [-0.39, 0.29) is 23.1 Å². The Balaban J connectivity index is 1.23. The van der Waals surface area contributed by atoms with E-state index in [0.29, 0.717) is 43.7 Å². The number of rotatable bonds is 8. The SMILES string of the molecule is CC(C)c1nc(-c2c(F)cc(OCCCC3CCN(c4ccc(C(F)(F)F)cn4)CC3)cc2F)no1. The predicted octanol–water partition coefficient (Wildman–Crippen LogP) is 6.63. The second kappa shape index (κ2) is 10.8. The van der Waals surface area contributed by atoms with Gasteiger partial charge in [0.1, 0.15) is 23.2 Å². The first-order valence-corrected chi connectivity index (χ1v) is 11.9. The average molecular weight is 511 g/mol. The van der Waals surface area contributed by atoms with E-state index in [0.717, 1.165) is 43.7 Å². The molecule has 194 valence electrons. The van der Waals surface area contributed by atoms with Gasteiger partial charge in [0, 0.05) is 37.3 Å². The van der Waals surface area contributed by atoms with Crippen molar-refractivity contribution in [2.45, 2.75) is 51.6 Å². The van der Waals surface area contributed by atoms with Crippen LogP contribution in [0, 0.1) is 17.6 Å². The molecule has 0 unspecified atom stereocenters. The Morgan fingerprint density at radius 2 is 1.81 bits per heavy atom. The summed E-state index contributed by atoms with van der Waals surface area (Å²) in [6.45, 7) is 5.38. The highest BCUT2D eigenvalue weighted by atomic mass is 19.4. The van der Waals surface area contributed by atoms with E-state index in [1.165, 1.54) is 6.07 Å². The molecule has 3 heterocycles. The van der Waals surface area contributed by atoms with Gasteiger partial charge in [-0.1, -0.05) is 19.0 Å². The van der Waals surface area contributed by atoms with Gasteiger partial charge in [0.15, 0.2) is 0 Å². The van der Waals surface area contributed by atoms with E-state index in [2.05, 4.69) is 15.1 Å². The fourth-order valence-corrected chi connectivity index (χ4v) is 4.17. The summed E-state index contributed by atoms with van der Waals surface area (Å²) in [5.74, 6) is -0.500. The van der Waals surface area contributed by atoms with Gasteiger partial charge < -0.3 is 14.2 Å². The molecule has 0 saturated carbocycles. The highest BCUT2D eigenvalue weighted by Crippen LogP contribution is 2.31. The van der Waals surface area contributed by atoms with E-state index < -0.39 is 23.4 Å². The number of anilines is 1. The van der Waals surface area contributed by atoms with E-state index in [1.54, 1.807) is 0 Å². The lowest BCUT2D eigenvalue weighted by molar-refractivity contribution is -0.137. The van der Waals surface area contributed by atoms with Crippen molar-refractivity contribution >= 4 is 5.82 Å². The number of halogens is 5. The maximum atomic E-state index is 14.6. The van der Waals surface area contributed by atoms with Gasteiger partial charge in [0.25, 0.3) is 0 Å². The van der Waals surface area contributed by atoms with Crippen molar-refractivity contribution in [1.82, 2.24) is 15.1 Å². The number of pyridine rings is 1. The molecule has 1 aromatic carbocycles. The molecular formula is C25H27F5N4O2. The lowest BCUT2D eigenvalue weighted by atomic mass is 9.92. The molecule has 0 radical (unpaired) electrons. The zero-order valence-electron chi connectivity index (χ0n) is 20.0. The number of ether oxygens (including phenoxy) is 1. The number of hydrogen-bond acceptors (Lipinski definition) is 6. The lowest BCUT2D eigenvalue weighted by Gasteiger charge is -2.33. The van der Waals surface area contributed by atoms with Crippen LogP contribution in [0.3, 0.4) is 0 Å². The second-order valence-corrected chi connectivity index (χ2v) is 9.20. The van der Waals surface area contributed by atoms with Crippen LogP contribution in [-0.4, -0.2) is 34.8 Å². The van der Waals surface area contributed by atoms with E-state index in [9.17, 15) is 22.0 Å². The minimum absolute atomic E-state index is 0.0614. The molecule has 1 fully saturated rings. The number of aromatic nitrogens is 3. The van der Waals surface area contributed by atoms with Crippen molar-refractivity contribution in [3.8, 4) is 17.1 Å². The fourth-order valence-electron chi connectivity index (χ4n) is 4.17. The van der Waals surface area contributed by atoms with Gasteiger partial charge in [-0.2, -0.15) is 18.2 Å². The van der Waals surface area contributed by atoms with Crippen LogP contribution >= 0.6 is 0 Å². The highest BCUT2D eigenvalue weighted by Gasteiger charge is 2.31. The number of alkyl halides is 3. The molecule has 1 aliphatic heterocycles. The molecule has 3 aromatic rings. The minimum atomic E-state index is -4.40. The van der Waals surface area contributed by atoms with Gasteiger partial charge in [0.05, 0.1) is 17.7 Å². The number of benzene rings is 1. The topological polar surface area (TPSA) is 64.3 Å². The molecule has 6 nitrogen and oxygen atoms in total. The summed E-state index contributed by atoms with van der Waals surface area (Å²) >= 11 is 0. The molecule has 0 atom stereocenters. The van der Waals surface area contributed by atoms with Gasteiger partial charge in [-0.05, 0) is 43.7 Å². The van der Waals surface area contributed by atoms with Crippen molar-refractivity contribution < 1.29 is 31.2 Å². The molecular weight excluding hydrogens is 483 g/mol. The Kier molecular flexibility index (Phi) is 7.75. The summed E-state index contributed by atoms with van der Waals surface area (Å²) in [7, 11) is 0. The average Bonchev–Trinajstić information content (AvgIpc) is 3.31. The number of nitrogens with zero attached hydrogens (tertiary/aromatic N) is 4. The van der Waals surface area contributed by atoms with E-state index >= 15 is 0 Å². The van der Waals surface area contributed by atoms with Crippen LogP contribution in [0.4, 0.5) is 27.8 Å². The van der Waals surface area contributed by atoms with Gasteiger partial charge in [-0.25, -0.2) is 13.8 Å². The summed E-state index contributed by atoms with van der Waals surface area (Å²) in [4.78, 5) is 9.99. The molecule has 1 saturated heterocycles. The maximum Gasteiger partial charge on any atom is 0.417 e. The van der Waals surface area contributed by atoms with Crippen LogP contribution in [0.5, 0.6) is 5.75 Å². The van der Waals surface area contributed by atoms with Crippen LogP contribution < -0.4 is 9.64 Å². The van der Waals surface area contributed by atoms with Gasteiger partial charge >= 0.3 is 6.18 Å². The summed E-state index contributed by atoms with van der Waals surface area (Å²) in [5.41, 5.74) is -1.11. The molecule has 0 aliphatic carbocycles. The van der Waals surface area contributed by atoms with Crippen molar-refractivity contribution in [2.24, 2.45) is 5.92 Å². The first-order valence-electron chi connectivity index (χ1n) is 11.9. The Bertz CT molecular complexity index is 1130. The minimum Gasteiger partial charge on any atom is -0.493 e. The van der Waals surface area contributed by atoms with Crippen LogP contribution in [0.1, 0.15) is 56.9 Å². The van der Waals surface area contributed by atoms with Crippen LogP contribution in [0.25, 0.3) is 11.4 Å². The molecule has 2 aromatic heterocycles. The molecule has 36 heavy (non-hydrogen) atoms. The van der Waals surface area contributed by atoms with Crippen molar-refractivity contribution in [2.75, 3.05) is 24.6 Å². The number of piperidine rings is 1. The van der Waals surface area contributed by atoms with Crippen molar-refractivity contribution in [1.29, 1.82) is 0 Å². The lowest BCUT2D eigenvalue weighted by Crippen LogP contribution is -2.34. The summed E-state index contributed by atoms with van der Waals surface area (Å²) in [6, 6.07) is 4.68. The zero-order chi connectivity index (χ0) is 25.9. The molecule has 0 amide bonds.